The van der Waals surface area contributed by atoms with Gasteiger partial charge in [0, 0.05) is 0 Å². The molecule has 0 aromatic heterocycles. The molecule has 0 unspecified atom stereocenters. The summed E-state index contributed by atoms with van der Waals surface area (Å²) in [5.41, 5.74) is 0. The Kier molecular flexibility index (Phi) is 6.66. The third kappa shape index (κ3) is 4.43. The van der Waals surface area contributed by atoms with Gasteiger partial charge in [0.15, 0.2) is 0 Å². The summed E-state index contributed by atoms with van der Waals surface area (Å²) >= 11 is 0. The van der Waals surface area contributed by atoms with Crippen LogP contribution < -0.4 is 39.4 Å². The molecule has 0 amide bonds. The summed E-state index contributed by atoms with van der Waals surface area (Å²) in [4.78, 5) is 0. The van der Waals surface area contributed by atoms with E-state index in [0.29, 0.717) is 0 Å². The minimum absolute atomic E-state index is 0. The Morgan fingerprint density at radius 2 is 1.82 bits per heavy atom. The molecule has 0 saturated carbocycles. The standard InChI is InChI=1S/C8H9O2.Na/c9-6-7-10-8-4-2-1-3-5-8;/h1-5H,6-7H2;/q-1;+1. The summed E-state index contributed by atoms with van der Waals surface area (Å²) < 4.78 is 5.04. The summed E-state index contributed by atoms with van der Waals surface area (Å²) in [6.45, 7) is 0.0684. The van der Waals surface area contributed by atoms with Gasteiger partial charge >= 0.3 is 29.6 Å². The molecule has 11 heavy (non-hydrogen) atoms. The molecule has 0 heterocycles. The zero-order valence-electron chi connectivity index (χ0n) is 6.62. The average Bonchev–Trinajstić information content (AvgIpc) is 2.03. The van der Waals surface area contributed by atoms with Gasteiger partial charge in [-0.3, -0.25) is 0 Å². The molecule has 0 fully saturated rings. The molecule has 0 atom stereocenters. The van der Waals surface area contributed by atoms with E-state index in [2.05, 4.69) is 0 Å². The van der Waals surface area contributed by atoms with E-state index < -0.39 is 0 Å². The monoisotopic (exact) mass is 160 g/mol. The molecule has 0 spiro atoms. The van der Waals surface area contributed by atoms with Crippen molar-refractivity contribution in [1.82, 2.24) is 0 Å². The van der Waals surface area contributed by atoms with Crippen molar-refractivity contribution in [3.05, 3.63) is 30.3 Å². The quantitative estimate of drug-likeness (QED) is 0.455. The molecule has 0 bridgehead atoms. The van der Waals surface area contributed by atoms with E-state index in [0.717, 1.165) is 5.75 Å². The fraction of sp³-hybridized carbons (Fsp3) is 0.250. The van der Waals surface area contributed by atoms with Crippen LogP contribution in [-0.4, -0.2) is 13.2 Å². The van der Waals surface area contributed by atoms with E-state index >= 15 is 0 Å². The topological polar surface area (TPSA) is 32.3 Å². The number of hydrogen-bond donors (Lipinski definition) is 0. The van der Waals surface area contributed by atoms with Crippen LogP contribution in [0.1, 0.15) is 0 Å². The molecule has 0 aliphatic carbocycles. The second kappa shape index (κ2) is 6.68. The molecule has 2 nitrogen and oxygen atoms in total. The van der Waals surface area contributed by atoms with Gasteiger partial charge < -0.3 is 9.84 Å². The van der Waals surface area contributed by atoms with Gasteiger partial charge in [0.2, 0.25) is 0 Å². The molecular formula is C8H9NaO2. The molecule has 54 valence electrons. The van der Waals surface area contributed by atoms with Crippen LogP contribution in [0.15, 0.2) is 30.3 Å². The minimum atomic E-state index is -0.186. The second-order valence-corrected chi connectivity index (χ2v) is 1.87. The first-order valence-electron chi connectivity index (χ1n) is 3.19. The van der Waals surface area contributed by atoms with Crippen LogP contribution >= 0.6 is 0 Å². The van der Waals surface area contributed by atoms with Crippen molar-refractivity contribution >= 4 is 0 Å². The third-order valence-corrected chi connectivity index (χ3v) is 1.10. The zero-order valence-corrected chi connectivity index (χ0v) is 8.62. The van der Waals surface area contributed by atoms with E-state index in [9.17, 15) is 5.11 Å². The summed E-state index contributed by atoms with van der Waals surface area (Å²) in [5.74, 6) is 0.762. The van der Waals surface area contributed by atoms with Crippen molar-refractivity contribution in [1.29, 1.82) is 0 Å². The Bertz CT molecular complexity index is 177. The molecule has 3 heteroatoms. The second-order valence-electron chi connectivity index (χ2n) is 1.87. The molecule has 0 aliphatic heterocycles. The smallest absolute Gasteiger partial charge is 0.852 e. The number of benzene rings is 1. The normalized spacial score (nSPS) is 8.45. The van der Waals surface area contributed by atoms with E-state index in [-0.39, 0.29) is 42.8 Å². The van der Waals surface area contributed by atoms with E-state index in [1.165, 1.54) is 0 Å². The Hall–Kier alpha value is -0.0200. The Morgan fingerprint density at radius 1 is 1.18 bits per heavy atom. The fourth-order valence-electron chi connectivity index (χ4n) is 0.676. The Labute approximate surface area is 88.5 Å². The van der Waals surface area contributed by atoms with Crippen LogP contribution in [0, 0.1) is 0 Å². The maximum Gasteiger partial charge on any atom is 1.00 e. The third-order valence-electron chi connectivity index (χ3n) is 1.10. The van der Waals surface area contributed by atoms with Gasteiger partial charge in [-0.05, 0) is 12.1 Å². The molecule has 0 N–H and O–H groups in total. The van der Waals surface area contributed by atoms with Gasteiger partial charge in [-0.15, -0.1) is 6.61 Å². The number of para-hydroxylation sites is 1. The van der Waals surface area contributed by atoms with E-state index in [1.54, 1.807) is 0 Å². The van der Waals surface area contributed by atoms with Gasteiger partial charge in [0.25, 0.3) is 0 Å². The van der Waals surface area contributed by atoms with Crippen LogP contribution in [0.2, 0.25) is 0 Å². The number of ether oxygens (including phenoxy) is 1. The molecule has 0 saturated heterocycles. The fourth-order valence-corrected chi connectivity index (χ4v) is 0.676. The first kappa shape index (κ1) is 11.0. The van der Waals surface area contributed by atoms with Crippen molar-refractivity contribution in [3.8, 4) is 5.75 Å². The van der Waals surface area contributed by atoms with Gasteiger partial charge in [0.1, 0.15) is 5.75 Å². The molecule has 0 radical (unpaired) electrons. The number of rotatable bonds is 3. The Morgan fingerprint density at radius 3 is 2.36 bits per heavy atom. The maximum absolute atomic E-state index is 9.98. The molecule has 0 aliphatic rings. The van der Waals surface area contributed by atoms with Crippen molar-refractivity contribution in [2.24, 2.45) is 0 Å². The van der Waals surface area contributed by atoms with Crippen LogP contribution in [0.5, 0.6) is 5.75 Å². The summed E-state index contributed by atoms with van der Waals surface area (Å²) in [7, 11) is 0. The maximum atomic E-state index is 9.98. The molecule has 1 aromatic rings. The van der Waals surface area contributed by atoms with Crippen molar-refractivity contribution in [3.63, 3.8) is 0 Å². The SMILES string of the molecule is [Na+].[O-]CCOc1ccccc1. The summed E-state index contributed by atoms with van der Waals surface area (Å²) in [6.07, 6.45) is 0. The van der Waals surface area contributed by atoms with Crippen LogP contribution in [0.3, 0.4) is 0 Å². The average molecular weight is 160 g/mol. The summed E-state index contributed by atoms with van der Waals surface area (Å²) in [6, 6.07) is 9.32. The first-order valence-corrected chi connectivity index (χ1v) is 3.19. The largest absolute Gasteiger partial charge is 1.00 e. The van der Waals surface area contributed by atoms with E-state index in [1.807, 2.05) is 30.3 Å². The molecule has 1 aromatic carbocycles. The minimum Gasteiger partial charge on any atom is -0.852 e. The van der Waals surface area contributed by atoms with Gasteiger partial charge in [-0.2, -0.15) is 0 Å². The van der Waals surface area contributed by atoms with Crippen molar-refractivity contribution < 1.29 is 39.4 Å². The van der Waals surface area contributed by atoms with Crippen molar-refractivity contribution in [2.45, 2.75) is 0 Å². The predicted octanol–water partition coefficient (Wildman–Crippen LogP) is -2.57. The predicted molar refractivity (Wildman–Crippen MR) is 36.8 cm³/mol. The molecular weight excluding hydrogens is 151 g/mol. The zero-order chi connectivity index (χ0) is 7.23. The molecule has 1 rings (SSSR count). The number of hydrogen-bond acceptors (Lipinski definition) is 2. The Balaban J connectivity index is 0.000001000. The first-order chi connectivity index (χ1) is 4.93. The van der Waals surface area contributed by atoms with Crippen LogP contribution in [-0.2, 0) is 0 Å². The van der Waals surface area contributed by atoms with Gasteiger partial charge in [0.05, 0.1) is 6.61 Å². The van der Waals surface area contributed by atoms with Crippen LogP contribution in [0.25, 0.3) is 0 Å². The van der Waals surface area contributed by atoms with Gasteiger partial charge in [-0.25, -0.2) is 0 Å². The van der Waals surface area contributed by atoms with Crippen LogP contribution in [0.4, 0.5) is 0 Å². The van der Waals surface area contributed by atoms with Gasteiger partial charge in [-0.1, -0.05) is 18.2 Å². The van der Waals surface area contributed by atoms with E-state index in [4.69, 9.17) is 4.74 Å². The summed E-state index contributed by atoms with van der Waals surface area (Å²) in [5, 5.41) is 9.98. The van der Waals surface area contributed by atoms with Crippen molar-refractivity contribution in [2.75, 3.05) is 13.2 Å².